The molecule has 0 aliphatic carbocycles. The lowest BCUT2D eigenvalue weighted by Gasteiger charge is -2.18. The Morgan fingerprint density at radius 3 is 2.37 bits per heavy atom. The predicted molar refractivity (Wildman–Crippen MR) is 133 cm³/mol. The molecule has 9 heteroatoms. The number of ether oxygens (including phenoxy) is 1. The number of ketones is 1. The molecule has 186 valence electrons. The molecule has 0 aliphatic rings. The number of furan rings is 1. The summed E-state index contributed by atoms with van der Waals surface area (Å²) in [7, 11) is -3.54. The van der Waals surface area contributed by atoms with Crippen molar-refractivity contribution in [3.05, 3.63) is 83.1 Å². The van der Waals surface area contributed by atoms with Gasteiger partial charge in [-0.25, -0.2) is 13.2 Å². The number of carbonyl (C=O) groups excluding carboxylic acids is 2. The third kappa shape index (κ3) is 6.17. The van der Waals surface area contributed by atoms with Gasteiger partial charge in [0.15, 0.2) is 6.61 Å². The lowest BCUT2D eigenvalue weighted by atomic mass is 10.1. The van der Waals surface area contributed by atoms with Crippen LogP contribution in [0.2, 0.25) is 0 Å². The predicted octanol–water partition coefficient (Wildman–Crippen LogP) is 4.22. The summed E-state index contributed by atoms with van der Waals surface area (Å²) >= 11 is 0. The Morgan fingerprint density at radius 1 is 1.09 bits per heavy atom. The molecular weight excluding hydrogens is 468 g/mol. The molecule has 0 bridgehead atoms. The van der Waals surface area contributed by atoms with Gasteiger partial charge in [0.05, 0.1) is 17.7 Å². The molecular formula is C26H30N2O6S. The zero-order chi connectivity index (χ0) is 25.6. The minimum absolute atomic E-state index is 0.191. The van der Waals surface area contributed by atoms with Gasteiger partial charge < -0.3 is 13.7 Å². The highest BCUT2D eigenvalue weighted by Gasteiger charge is 2.21. The van der Waals surface area contributed by atoms with Crippen LogP contribution < -0.4 is 0 Å². The number of hydrogen-bond donors (Lipinski definition) is 0. The molecule has 0 unspecified atom stereocenters. The van der Waals surface area contributed by atoms with E-state index in [0.717, 1.165) is 17.1 Å². The highest BCUT2D eigenvalue weighted by atomic mass is 32.2. The molecule has 2 heterocycles. The summed E-state index contributed by atoms with van der Waals surface area (Å²) in [6.07, 6.45) is 4.32. The van der Waals surface area contributed by atoms with Crippen molar-refractivity contribution in [3.63, 3.8) is 0 Å². The number of Topliss-reactive ketones (excluding diaryl/α,β-unsaturated/α-hetero) is 1. The number of rotatable bonds is 11. The molecule has 0 aliphatic heterocycles. The Kier molecular flexibility index (Phi) is 8.48. The van der Waals surface area contributed by atoms with E-state index in [0.29, 0.717) is 30.8 Å². The third-order valence-corrected chi connectivity index (χ3v) is 7.81. The van der Waals surface area contributed by atoms with E-state index in [1.165, 1.54) is 28.6 Å². The maximum Gasteiger partial charge on any atom is 0.331 e. The standard InChI is InChI=1S/C26H30N2O6S/c1-5-27(6-2)35(31,32)23-12-9-21(10-13-23)11-14-26(30)34-18-25(29)24-16-19(3)28(20(24)4)17-22-8-7-15-33-22/h7-16H,5-6,17-18H2,1-4H3. The first-order valence-corrected chi connectivity index (χ1v) is 12.8. The fourth-order valence-corrected chi connectivity index (χ4v) is 5.23. The highest BCUT2D eigenvalue weighted by molar-refractivity contribution is 7.89. The Labute approximate surface area is 205 Å². The third-order valence-electron chi connectivity index (χ3n) is 5.75. The number of benzene rings is 1. The first-order chi connectivity index (χ1) is 16.7. The molecule has 3 aromatic rings. The number of aryl methyl sites for hydroxylation is 1. The van der Waals surface area contributed by atoms with Gasteiger partial charge in [0.2, 0.25) is 15.8 Å². The second kappa shape index (κ2) is 11.3. The van der Waals surface area contributed by atoms with Crippen molar-refractivity contribution in [3.8, 4) is 0 Å². The molecule has 0 spiro atoms. The zero-order valence-corrected chi connectivity index (χ0v) is 21.2. The topological polar surface area (TPSA) is 98.8 Å². The van der Waals surface area contributed by atoms with Crippen LogP contribution >= 0.6 is 0 Å². The second-order valence-corrected chi connectivity index (χ2v) is 9.91. The van der Waals surface area contributed by atoms with Crippen molar-refractivity contribution < 1.29 is 27.2 Å². The van der Waals surface area contributed by atoms with E-state index in [1.807, 2.05) is 30.5 Å². The van der Waals surface area contributed by atoms with Crippen molar-refractivity contribution in [1.82, 2.24) is 8.87 Å². The largest absolute Gasteiger partial charge is 0.467 e. The van der Waals surface area contributed by atoms with Crippen molar-refractivity contribution >= 4 is 27.9 Å². The molecule has 0 saturated heterocycles. The minimum Gasteiger partial charge on any atom is -0.467 e. The molecule has 0 saturated carbocycles. The maximum absolute atomic E-state index is 12.6. The SMILES string of the molecule is CCN(CC)S(=O)(=O)c1ccc(C=CC(=O)OCC(=O)c2cc(C)n(Cc3ccco3)c2C)cc1. The molecule has 35 heavy (non-hydrogen) atoms. The summed E-state index contributed by atoms with van der Waals surface area (Å²) in [6.45, 7) is 8.22. The quantitative estimate of drug-likeness (QED) is 0.223. The van der Waals surface area contributed by atoms with E-state index < -0.39 is 16.0 Å². The zero-order valence-electron chi connectivity index (χ0n) is 20.4. The molecule has 0 atom stereocenters. The van der Waals surface area contributed by atoms with Crippen molar-refractivity contribution in [2.75, 3.05) is 19.7 Å². The van der Waals surface area contributed by atoms with E-state index in [9.17, 15) is 18.0 Å². The molecule has 1 aromatic carbocycles. The number of esters is 1. The van der Waals surface area contributed by atoms with Crippen LogP contribution in [0, 0.1) is 13.8 Å². The van der Waals surface area contributed by atoms with Gasteiger partial charge in [-0.15, -0.1) is 0 Å². The van der Waals surface area contributed by atoms with E-state index in [1.54, 1.807) is 38.3 Å². The normalized spacial score (nSPS) is 11.9. The van der Waals surface area contributed by atoms with E-state index in [4.69, 9.17) is 9.15 Å². The Balaban J connectivity index is 1.58. The van der Waals surface area contributed by atoms with Crippen LogP contribution in [-0.4, -0.2) is 48.7 Å². The van der Waals surface area contributed by atoms with E-state index in [-0.39, 0.29) is 17.3 Å². The molecule has 3 rings (SSSR count). The molecule has 0 N–H and O–H groups in total. The number of aromatic nitrogens is 1. The van der Waals surface area contributed by atoms with Gasteiger partial charge in [0, 0.05) is 36.1 Å². The Hall–Kier alpha value is -3.43. The van der Waals surface area contributed by atoms with Gasteiger partial charge in [-0.05, 0) is 55.8 Å². The Bertz CT molecular complexity index is 1300. The van der Waals surface area contributed by atoms with Crippen LogP contribution in [0.5, 0.6) is 0 Å². The number of nitrogens with zero attached hydrogens (tertiary/aromatic N) is 2. The van der Waals surface area contributed by atoms with Crippen LogP contribution in [0.15, 0.2) is 64.1 Å². The van der Waals surface area contributed by atoms with Crippen LogP contribution in [0.4, 0.5) is 0 Å². The first kappa shape index (κ1) is 26.2. The summed E-state index contributed by atoms with van der Waals surface area (Å²) < 4.78 is 39.0. The molecule has 8 nitrogen and oxygen atoms in total. The summed E-state index contributed by atoms with van der Waals surface area (Å²) in [5.41, 5.74) is 2.80. The first-order valence-electron chi connectivity index (χ1n) is 11.3. The van der Waals surface area contributed by atoms with E-state index in [2.05, 4.69) is 0 Å². The van der Waals surface area contributed by atoms with Crippen LogP contribution in [0.1, 0.15) is 46.9 Å². The van der Waals surface area contributed by atoms with Crippen LogP contribution in [-0.2, 0) is 26.1 Å². The average molecular weight is 499 g/mol. The molecule has 2 aromatic heterocycles. The summed E-state index contributed by atoms with van der Waals surface area (Å²) in [5, 5.41) is 0. The fourth-order valence-electron chi connectivity index (χ4n) is 3.78. The molecule has 0 radical (unpaired) electrons. The number of hydrogen-bond acceptors (Lipinski definition) is 6. The number of carbonyl (C=O) groups is 2. The van der Waals surface area contributed by atoms with Gasteiger partial charge >= 0.3 is 5.97 Å². The Morgan fingerprint density at radius 2 is 1.77 bits per heavy atom. The summed E-state index contributed by atoms with van der Waals surface area (Å²) in [4.78, 5) is 25.0. The van der Waals surface area contributed by atoms with Crippen molar-refractivity contribution in [2.24, 2.45) is 0 Å². The fraction of sp³-hybridized carbons (Fsp3) is 0.308. The van der Waals surface area contributed by atoms with Gasteiger partial charge in [0.25, 0.3) is 0 Å². The van der Waals surface area contributed by atoms with Crippen molar-refractivity contribution in [2.45, 2.75) is 39.1 Å². The highest BCUT2D eigenvalue weighted by Crippen LogP contribution is 2.19. The van der Waals surface area contributed by atoms with Gasteiger partial charge in [-0.3, -0.25) is 4.79 Å². The van der Waals surface area contributed by atoms with Gasteiger partial charge in [-0.2, -0.15) is 4.31 Å². The van der Waals surface area contributed by atoms with Gasteiger partial charge in [0.1, 0.15) is 5.76 Å². The van der Waals surface area contributed by atoms with E-state index >= 15 is 0 Å². The summed E-state index contributed by atoms with van der Waals surface area (Å²) in [5.74, 6) is -0.180. The average Bonchev–Trinajstić information content (AvgIpc) is 3.46. The van der Waals surface area contributed by atoms with Crippen LogP contribution in [0.25, 0.3) is 6.08 Å². The second-order valence-electron chi connectivity index (χ2n) is 7.97. The number of sulfonamides is 1. The monoisotopic (exact) mass is 498 g/mol. The lowest BCUT2D eigenvalue weighted by Crippen LogP contribution is -2.30. The maximum atomic E-state index is 12.6. The smallest absolute Gasteiger partial charge is 0.331 e. The molecule has 0 fully saturated rings. The van der Waals surface area contributed by atoms with Gasteiger partial charge in [-0.1, -0.05) is 26.0 Å². The minimum atomic E-state index is -3.54. The molecule has 0 amide bonds. The lowest BCUT2D eigenvalue weighted by molar-refractivity contribution is -0.136. The van der Waals surface area contributed by atoms with Crippen molar-refractivity contribution in [1.29, 1.82) is 0 Å². The summed E-state index contributed by atoms with van der Waals surface area (Å²) in [6, 6.07) is 11.7. The van der Waals surface area contributed by atoms with Crippen LogP contribution in [0.3, 0.4) is 0 Å².